The minimum atomic E-state index is -1.26. The molecule has 3 aromatic carbocycles. The lowest BCUT2D eigenvalue weighted by Crippen LogP contribution is -2.55. The number of hydrogen-bond donors (Lipinski definition) is 4. The molecule has 232 valence electrons. The van der Waals surface area contributed by atoms with E-state index < -0.39 is 46.2 Å². The molecule has 2 aliphatic rings. The second-order valence-electron chi connectivity index (χ2n) is 11.2. The van der Waals surface area contributed by atoms with Crippen molar-refractivity contribution in [3.8, 4) is 23.0 Å². The fraction of sp³-hybridized carbons (Fsp3) is 0.323. The van der Waals surface area contributed by atoms with Gasteiger partial charge in [-0.3, -0.25) is 19.7 Å². The number of nitro groups is 1. The first-order valence-electron chi connectivity index (χ1n) is 13.8. The number of benzene rings is 3. The number of fused-ring (bicyclic) bond motifs is 9. The molecule has 2 heterocycles. The molecule has 44 heavy (non-hydrogen) atoms. The van der Waals surface area contributed by atoms with Crippen LogP contribution in [0.2, 0.25) is 0 Å². The van der Waals surface area contributed by atoms with E-state index in [4.69, 9.17) is 14.2 Å². The quantitative estimate of drug-likeness (QED) is 0.248. The van der Waals surface area contributed by atoms with Gasteiger partial charge in [-0.15, -0.1) is 0 Å². The maximum atomic E-state index is 13.7. The van der Waals surface area contributed by atoms with Gasteiger partial charge in [0.15, 0.2) is 11.5 Å². The van der Waals surface area contributed by atoms with E-state index in [1.54, 1.807) is 45.0 Å². The number of carbonyl (C=O) groups excluding carboxylic acids is 3. The minimum absolute atomic E-state index is 0.0155. The zero-order valence-electron chi connectivity index (χ0n) is 24.7. The van der Waals surface area contributed by atoms with Gasteiger partial charge in [-0.1, -0.05) is 36.4 Å². The molecule has 3 aromatic rings. The first-order valence-corrected chi connectivity index (χ1v) is 13.8. The molecule has 5 rings (SSSR count). The monoisotopic (exact) mass is 606 g/mol. The number of ether oxygens (including phenoxy) is 3. The molecule has 0 spiro atoms. The van der Waals surface area contributed by atoms with Crippen LogP contribution in [0.25, 0.3) is 0 Å². The van der Waals surface area contributed by atoms with Gasteiger partial charge >= 0.3 is 11.8 Å². The third-order valence-electron chi connectivity index (χ3n) is 6.57. The summed E-state index contributed by atoms with van der Waals surface area (Å²) >= 11 is 0. The average molecular weight is 607 g/mol. The molecule has 0 saturated carbocycles. The second-order valence-corrected chi connectivity index (χ2v) is 11.2. The Labute approximate surface area is 253 Å². The summed E-state index contributed by atoms with van der Waals surface area (Å²) in [6, 6.07) is 13.6. The predicted molar refractivity (Wildman–Crippen MR) is 159 cm³/mol. The molecule has 0 aliphatic carbocycles. The van der Waals surface area contributed by atoms with E-state index in [0.29, 0.717) is 11.1 Å². The van der Waals surface area contributed by atoms with Crippen molar-refractivity contribution in [2.24, 2.45) is 0 Å². The van der Waals surface area contributed by atoms with Crippen molar-refractivity contribution in [3.05, 3.63) is 87.5 Å². The molecule has 4 bridgehead atoms. The summed E-state index contributed by atoms with van der Waals surface area (Å²) < 4.78 is 16.5. The van der Waals surface area contributed by atoms with Crippen LogP contribution >= 0.6 is 0 Å². The standard InChI is InChI=1S/C31H34N4O9/c1-31(2,3)44-30(39)34-22-13-19-10-11-25(23(14-19)35(40)41)43-26-16-20(15-24(36)27(26)42-4)17-32-28(37)21(33-29(22)38)12-18-8-6-5-7-9-18/h5-11,14-16,21-22,36H,12-13,17H2,1-4H3,(H,32,37)(H,33,38)(H,34,39)/t21-,22+/m0/s1. The molecule has 4 N–H and O–H groups in total. The number of aromatic hydroxyl groups is 1. The number of nitrogens with zero attached hydrogens (tertiary/aromatic N) is 1. The van der Waals surface area contributed by atoms with Crippen LogP contribution in [0.1, 0.15) is 37.5 Å². The number of phenolic OH excluding ortho intramolecular Hbond substituents is 1. The van der Waals surface area contributed by atoms with Crippen molar-refractivity contribution in [1.29, 1.82) is 0 Å². The first kappa shape index (κ1) is 31.6. The van der Waals surface area contributed by atoms with Gasteiger partial charge in [-0.25, -0.2) is 4.79 Å². The minimum Gasteiger partial charge on any atom is -0.504 e. The number of amides is 3. The molecule has 0 aromatic heterocycles. The summed E-state index contributed by atoms with van der Waals surface area (Å²) in [5.74, 6) is -1.77. The SMILES string of the molecule is COc1c(O)cc2cc1Oc1ccc(cc1[N+](=O)[O-])C[C@@H](NC(=O)OC(C)(C)C)C(=O)N[C@@H](Cc1ccccc1)C(=O)NC2. The van der Waals surface area contributed by atoms with E-state index in [2.05, 4.69) is 16.0 Å². The van der Waals surface area contributed by atoms with E-state index in [1.165, 1.54) is 37.4 Å². The smallest absolute Gasteiger partial charge is 0.408 e. The van der Waals surface area contributed by atoms with Gasteiger partial charge in [0.2, 0.25) is 23.3 Å². The number of alkyl carbamates (subject to hydrolysis) is 1. The second kappa shape index (κ2) is 13.3. The van der Waals surface area contributed by atoms with Crippen LogP contribution in [-0.4, -0.2) is 52.7 Å². The molecule has 0 saturated heterocycles. The van der Waals surface area contributed by atoms with E-state index in [-0.39, 0.29) is 42.4 Å². The van der Waals surface area contributed by atoms with Gasteiger partial charge < -0.3 is 35.3 Å². The topological polar surface area (TPSA) is 178 Å². The fourth-order valence-electron chi connectivity index (χ4n) is 4.60. The van der Waals surface area contributed by atoms with Gasteiger partial charge in [0.25, 0.3) is 0 Å². The third kappa shape index (κ3) is 8.15. The highest BCUT2D eigenvalue weighted by molar-refractivity contribution is 5.91. The zero-order chi connectivity index (χ0) is 32.0. The number of nitrogens with one attached hydrogen (secondary N) is 3. The molecule has 13 heteroatoms. The largest absolute Gasteiger partial charge is 0.504 e. The van der Waals surface area contributed by atoms with Gasteiger partial charge in [0.1, 0.15) is 17.7 Å². The Morgan fingerprint density at radius 2 is 1.80 bits per heavy atom. The molecule has 3 amide bonds. The van der Waals surface area contributed by atoms with E-state index in [9.17, 15) is 29.6 Å². The van der Waals surface area contributed by atoms with Gasteiger partial charge in [-0.05, 0) is 55.7 Å². The van der Waals surface area contributed by atoms with Crippen LogP contribution in [0.15, 0.2) is 60.7 Å². The molecule has 2 aliphatic heterocycles. The molecular formula is C31H34N4O9. The van der Waals surface area contributed by atoms with Crippen molar-refractivity contribution < 1.29 is 38.6 Å². The van der Waals surface area contributed by atoms with E-state index >= 15 is 0 Å². The third-order valence-corrected chi connectivity index (χ3v) is 6.57. The summed E-state index contributed by atoms with van der Waals surface area (Å²) in [7, 11) is 1.31. The number of hydrogen-bond acceptors (Lipinski definition) is 9. The highest BCUT2D eigenvalue weighted by Gasteiger charge is 2.30. The summed E-state index contributed by atoms with van der Waals surface area (Å²) in [5, 5.41) is 30.7. The zero-order valence-corrected chi connectivity index (χ0v) is 24.7. The summed E-state index contributed by atoms with van der Waals surface area (Å²) in [6.45, 7) is 4.91. The van der Waals surface area contributed by atoms with Crippen molar-refractivity contribution in [2.75, 3.05) is 7.11 Å². The van der Waals surface area contributed by atoms with Crippen LogP contribution in [-0.2, 0) is 33.7 Å². The van der Waals surface area contributed by atoms with Gasteiger partial charge in [-0.2, -0.15) is 0 Å². The van der Waals surface area contributed by atoms with Crippen molar-refractivity contribution in [3.63, 3.8) is 0 Å². The van der Waals surface area contributed by atoms with Crippen LogP contribution in [0.4, 0.5) is 10.5 Å². The number of phenols is 1. The summed E-state index contributed by atoms with van der Waals surface area (Å²) in [5.41, 5.74) is 0.195. The normalized spacial score (nSPS) is 17.1. The maximum absolute atomic E-state index is 13.7. The number of rotatable bonds is 5. The van der Waals surface area contributed by atoms with Crippen molar-refractivity contribution >= 4 is 23.6 Å². The van der Waals surface area contributed by atoms with Gasteiger partial charge in [0.05, 0.1) is 12.0 Å². The maximum Gasteiger partial charge on any atom is 0.408 e. The average Bonchev–Trinajstić information content (AvgIpc) is 2.94. The first-order chi connectivity index (χ1) is 20.8. The number of nitro benzene ring substituents is 1. The lowest BCUT2D eigenvalue weighted by molar-refractivity contribution is -0.385. The fourth-order valence-corrected chi connectivity index (χ4v) is 4.60. The Balaban J connectivity index is 1.79. The number of methoxy groups -OCH3 is 1. The molecule has 2 atom stereocenters. The molecule has 0 unspecified atom stereocenters. The van der Waals surface area contributed by atoms with Crippen molar-refractivity contribution in [2.45, 2.75) is 57.8 Å². The van der Waals surface area contributed by atoms with E-state index in [1.807, 2.05) is 6.07 Å². The summed E-state index contributed by atoms with van der Waals surface area (Å²) in [6.07, 6.45) is -0.929. The Hall–Kier alpha value is -5.33. The predicted octanol–water partition coefficient (Wildman–Crippen LogP) is 3.89. The van der Waals surface area contributed by atoms with Crippen molar-refractivity contribution in [1.82, 2.24) is 16.0 Å². The number of carbonyl (C=O) groups is 3. The van der Waals surface area contributed by atoms with Crippen LogP contribution < -0.4 is 25.4 Å². The Morgan fingerprint density at radius 1 is 1.07 bits per heavy atom. The summed E-state index contributed by atoms with van der Waals surface area (Å²) in [4.78, 5) is 51.3. The van der Waals surface area contributed by atoms with Gasteiger partial charge in [0, 0.05) is 25.5 Å². The van der Waals surface area contributed by atoms with Crippen LogP contribution in [0.3, 0.4) is 0 Å². The Morgan fingerprint density at radius 3 is 2.45 bits per heavy atom. The Kier molecular flexibility index (Phi) is 9.57. The molecule has 13 nitrogen and oxygen atoms in total. The molecule has 0 radical (unpaired) electrons. The Bertz CT molecular complexity index is 1550. The highest BCUT2D eigenvalue weighted by atomic mass is 16.6. The van der Waals surface area contributed by atoms with E-state index in [0.717, 1.165) is 5.56 Å². The lowest BCUT2D eigenvalue weighted by Gasteiger charge is -2.26. The molecule has 0 fully saturated rings. The van der Waals surface area contributed by atoms with Crippen LogP contribution in [0, 0.1) is 10.1 Å². The molecular weight excluding hydrogens is 572 g/mol. The lowest BCUT2D eigenvalue weighted by atomic mass is 10.0. The highest BCUT2D eigenvalue weighted by Crippen LogP contribution is 2.42. The van der Waals surface area contributed by atoms with Crippen LogP contribution in [0.5, 0.6) is 23.0 Å².